The molecule has 1 heterocycles. The normalized spacial score (nSPS) is 24.2. The van der Waals surface area contributed by atoms with Gasteiger partial charge in [0.1, 0.15) is 0 Å². The van der Waals surface area contributed by atoms with Crippen molar-refractivity contribution in [3.05, 3.63) is 29.8 Å². The van der Waals surface area contributed by atoms with Crippen LogP contribution >= 0.6 is 0 Å². The van der Waals surface area contributed by atoms with Gasteiger partial charge in [0.25, 0.3) is 0 Å². The van der Waals surface area contributed by atoms with Crippen LogP contribution in [0.4, 0.5) is 5.69 Å². The Balaban J connectivity index is 1.83. The van der Waals surface area contributed by atoms with Gasteiger partial charge in [-0.25, -0.2) is 0 Å². The van der Waals surface area contributed by atoms with E-state index >= 15 is 0 Å². The highest BCUT2D eigenvalue weighted by Gasteiger charge is 2.44. The van der Waals surface area contributed by atoms with Crippen molar-refractivity contribution in [3.63, 3.8) is 0 Å². The largest absolute Gasteiger partial charge is 0.388 e. The van der Waals surface area contributed by atoms with E-state index < -0.39 is 0 Å². The first-order valence-corrected chi connectivity index (χ1v) is 6.63. The molecule has 0 amide bonds. The molecule has 3 nitrogen and oxygen atoms in total. The number of fused-ring (bicyclic) bond motifs is 1. The van der Waals surface area contributed by atoms with Gasteiger partial charge in [-0.1, -0.05) is 18.2 Å². The van der Waals surface area contributed by atoms with Gasteiger partial charge in [0.2, 0.25) is 0 Å². The SMILES string of the molecule is N#CCC1(CN2CCC(O)c3ccccc32)CC1. The zero-order chi connectivity index (χ0) is 12.6. The lowest BCUT2D eigenvalue weighted by molar-refractivity contribution is 0.163. The average molecular weight is 242 g/mol. The number of benzene rings is 1. The molecule has 1 saturated carbocycles. The lowest BCUT2D eigenvalue weighted by Crippen LogP contribution is -2.36. The molecule has 1 aromatic rings. The highest BCUT2D eigenvalue weighted by Crippen LogP contribution is 2.50. The Labute approximate surface area is 108 Å². The number of anilines is 1. The van der Waals surface area contributed by atoms with Crippen LogP contribution in [-0.2, 0) is 0 Å². The second-order valence-corrected chi connectivity index (χ2v) is 5.62. The van der Waals surface area contributed by atoms with Crippen LogP contribution in [0.25, 0.3) is 0 Å². The second kappa shape index (κ2) is 4.29. The second-order valence-electron chi connectivity index (χ2n) is 5.62. The number of rotatable bonds is 3. The molecule has 1 fully saturated rings. The zero-order valence-electron chi connectivity index (χ0n) is 10.5. The van der Waals surface area contributed by atoms with Gasteiger partial charge < -0.3 is 10.0 Å². The van der Waals surface area contributed by atoms with E-state index in [2.05, 4.69) is 17.0 Å². The molecule has 1 aliphatic heterocycles. The maximum Gasteiger partial charge on any atom is 0.0826 e. The van der Waals surface area contributed by atoms with Crippen molar-refractivity contribution in [1.29, 1.82) is 5.26 Å². The molecule has 1 atom stereocenters. The van der Waals surface area contributed by atoms with E-state index in [-0.39, 0.29) is 11.5 Å². The smallest absolute Gasteiger partial charge is 0.0826 e. The van der Waals surface area contributed by atoms with Crippen molar-refractivity contribution in [2.75, 3.05) is 18.0 Å². The van der Waals surface area contributed by atoms with E-state index in [9.17, 15) is 5.11 Å². The highest BCUT2D eigenvalue weighted by molar-refractivity contribution is 5.56. The van der Waals surface area contributed by atoms with Crippen molar-refractivity contribution in [2.24, 2.45) is 5.41 Å². The van der Waals surface area contributed by atoms with Crippen LogP contribution in [0, 0.1) is 16.7 Å². The van der Waals surface area contributed by atoms with E-state index in [1.165, 1.54) is 12.8 Å². The van der Waals surface area contributed by atoms with Crippen LogP contribution in [0.15, 0.2) is 24.3 Å². The Morgan fingerprint density at radius 2 is 2.17 bits per heavy atom. The van der Waals surface area contributed by atoms with Crippen LogP contribution in [0.1, 0.15) is 37.4 Å². The number of aliphatic hydroxyl groups excluding tert-OH is 1. The summed E-state index contributed by atoms with van der Waals surface area (Å²) in [6, 6.07) is 10.4. The summed E-state index contributed by atoms with van der Waals surface area (Å²) in [6.07, 6.45) is 3.46. The maximum absolute atomic E-state index is 10.0. The summed E-state index contributed by atoms with van der Waals surface area (Å²) in [5, 5.41) is 18.9. The molecule has 0 radical (unpaired) electrons. The third-order valence-electron chi connectivity index (χ3n) is 4.25. The first-order chi connectivity index (χ1) is 8.74. The summed E-state index contributed by atoms with van der Waals surface area (Å²) in [4.78, 5) is 2.35. The van der Waals surface area contributed by atoms with Crippen LogP contribution in [0.5, 0.6) is 0 Å². The van der Waals surface area contributed by atoms with Crippen LogP contribution in [0.3, 0.4) is 0 Å². The first-order valence-electron chi connectivity index (χ1n) is 6.63. The minimum absolute atomic E-state index is 0.226. The molecule has 3 heteroatoms. The summed E-state index contributed by atoms with van der Waals surface area (Å²) in [6.45, 7) is 1.86. The molecule has 2 aliphatic rings. The summed E-state index contributed by atoms with van der Waals surface area (Å²) in [5.41, 5.74) is 2.42. The molecule has 0 bridgehead atoms. The third kappa shape index (κ3) is 1.97. The Bertz CT molecular complexity index is 488. The van der Waals surface area contributed by atoms with Crippen LogP contribution < -0.4 is 4.90 Å². The van der Waals surface area contributed by atoms with E-state index in [1.54, 1.807) is 0 Å². The van der Waals surface area contributed by atoms with Gasteiger partial charge in [0, 0.05) is 36.2 Å². The molecular formula is C15H18N2O. The molecular weight excluding hydrogens is 224 g/mol. The van der Waals surface area contributed by atoms with Crippen LogP contribution in [0.2, 0.25) is 0 Å². The molecule has 0 saturated heterocycles. The van der Waals surface area contributed by atoms with Crippen molar-refractivity contribution in [1.82, 2.24) is 0 Å². The summed E-state index contributed by atoms with van der Waals surface area (Å²) in [5.74, 6) is 0. The Hall–Kier alpha value is -1.53. The molecule has 18 heavy (non-hydrogen) atoms. The van der Waals surface area contributed by atoms with E-state index in [1.807, 2.05) is 18.2 Å². The van der Waals surface area contributed by atoms with Gasteiger partial charge in [0.05, 0.1) is 12.2 Å². The van der Waals surface area contributed by atoms with Crippen molar-refractivity contribution in [2.45, 2.75) is 31.8 Å². The van der Waals surface area contributed by atoms with Gasteiger partial charge in [-0.2, -0.15) is 5.26 Å². The first kappa shape index (κ1) is 11.6. The number of nitriles is 1. The summed E-state index contributed by atoms with van der Waals surface area (Å²) >= 11 is 0. The molecule has 1 N–H and O–H groups in total. The monoisotopic (exact) mass is 242 g/mol. The third-order valence-corrected chi connectivity index (χ3v) is 4.25. The fourth-order valence-electron chi connectivity index (χ4n) is 2.92. The molecule has 0 spiro atoms. The molecule has 3 rings (SSSR count). The fourth-order valence-corrected chi connectivity index (χ4v) is 2.92. The lowest BCUT2D eigenvalue weighted by atomic mass is 9.95. The van der Waals surface area contributed by atoms with Gasteiger partial charge in [-0.05, 0) is 25.3 Å². The lowest BCUT2D eigenvalue weighted by Gasteiger charge is -2.36. The molecule has 1 unspecified atom stereocenters. The van der Waals surface area contributed by atoms with Crippen molar-refractivity contribution in [3.8, 4) is 6.07 Å². The van der Waals surface area contributed by atoms with E-state index in [0.29, 0.717) is 6.42 Å². The quantitative estimate of drug-likeness (QED) is 0.886. The number of para-hydroxylation sites is 1. The summed E-state index contributed by atoms with van der Waals surface area (Å²) < 4.78 is 0. The topological polar surface area (TPSA) is 47.3 Å². The van der Waals surface area contributed by atoms with Crippen molar-refractivity contribution < 1.29 is 5.11 Å². The Morgan fingerprint density at radius 1 is 1.39 bits per heavy atom. The number of hydrogen-bond acceptors (Lipinski definition) is 3. The van der Waals surface area contributed by atoms with Gasteiger partial charge in [0.15, 0.2) is 0 Å². The molecule has 1 aromatic carbocycles. The van der Waals surface area contributed by atoms with E-state index in [4.69, 9.17) is 5.26 Å². The highest BCUT2D eigenvalue weighted by atomic mass is 16.3. The minimum atomic E-state index is -0.330. The molecule has 0 aromatic heterocycles. The molecule has 1 aliphatic carbocycles. The van der Waals surface area contributed by atoms with E-state index in [0.717, 1.165) is 30.8 Å². The Morgan fingerprint density at radius 3 is 2.89 bits per heavy atom. The number of nitrogens with zero attached hydrogens (tertiary/aromatic N) is 2. The standard InChI is InChI=1S/C15H18N2O/c16-9-8-15(6-7-15)11-17-10-5-14(18)12-3-1-2-4-13(12)17/h1-4,14,18H,5-8,10-11H2. The number of aliphatic hydroxyl groups is 1. The van der Waals surface area contributed by atoms with Gasteiger partial charge in [-0.3, -0.25) is 0 Å². The maximum atomic E-state index is 10.0. The van der Waals surface area contributed by atoms with Crippen molar-refractivity contribution >= 4 is 5.69 Å². The summed E-state index contributed by atoms with van der Waals surface area (Å²) in [7, 11) is 0. The van der Waals surface area contributed by atoms with Crippen LogP contribution in [-0.4, -0.2) is 18.2 Å². The number of hydrogen-bond donors (Lipinski definition) is 1. The Kier molecular flexibility index (Phi) is 2.76. The predicted octanol–water partition coefficient (Wildman–Crippen LogP) is 2.62. The van der Waals surface area contributed by atoms with Gasteiger partial charge in [-0.15, -0.1) is 0 Å². The predicted molar refractivity (Wildman–Crippen MR) is 70.1 cm³/mol. The van der Waals surface area contributed by atoms with Gasteiger partial charge >= 0.3 is 0 Å². The fraction of sp³-hybridized carbons (Fsp3) is 0.533. The average Bonchev–Trinajstić information content (AvgIpc) is 3.14. The molecule has 94 valence electrons. The zero-order valence-corrected chi connectivity index (χ0v) is 10.5. The minimum Gasteiger partial charge on any atom is -0.388 e.